The first-order chi connectivity index (χ1) is 13.3. The van der Waals surface area contributed by atoms with Gasteiger partial charge in [0.15, 0.2) is 5.96 Å². The Kier molecular flexibility index (Phi) is 8.47. The lowest BCUT2D eigenvalue weighted by Gasteiger charge is -2.36. The van der Waals surface area contributed by atoms with E-state index in [-0.39, 0.29) is 29.4 Å². The predicted molar refractivity (Wildman–Crippen MR) is 131 cm³/mol. The van der Waals surface area contributed by atoms with Crippen molar-refractivity contribution in [2.24, 2.45) is 4.99 Å². The van der Waals surface area contributed by atoms with Crippen LogP contribution in [0.15, 0.2) is 22.5 Å². The van der Waals surface area contributed by atoms with Crippen LogP contribution in [0, 0.1) is 0 Å². The van der Waals surface area contributed by atoms with Gasteiger partial charge in [-0.3, -0.25) is 4.99 Å². The van der Waals surface area contributed by atoms with Crippen molar-refractivity contribution in [3.63, 3.8) is 0 Å². The van der Waals surface area contributed by atoms with Gasteiger partial charge in [-0.25, -0.2) is 0 Å². The maximum absolute atomic E-state index is 5.11. The SMILES string of the molecule is CCNC(=NCC1(c2cccs2)CCCCC1)NC1CCN(C2CC2)CC1.I. The lowest BCUT2D eigenvalue weighted by atomic mass is 9.73. The second kappa shape index (κ2) is 10.6. The van der Waals surface area contributed by atoms with Gasteiger partial charge in [-0.2, -0.15) is 0 Å². The monoisotopic (exact) mass is 516 g/mol. The lowest BCUT2D eigenvalue weighted by Crippen LogP contribution is -2.49. The number of hydrogen-bond acceptors (Lipinski definition) is 3. The van der Waals surface area contributed by atoms with E-state index in [2.05, 4.69) is 40.0 Å². The zero-order valence-electron chi connectivity index (χ0n) is 17.3. The minimum absolute atomic E-state index is 0. The highest BCUT2D eigenvalue weighted by molar-refractivity contribution is 14.0. The molecule has 0 atom stereocenters. The first-order valence-electron chi connectivity index (χ1n) is 11.1. The van der Waals surface area contributed by atoms with E-state index in [1.807, 2.05) is 11.3 Å². The van der Waals surface area contributed by atoms with Crippen molar-refractivity contribution in [2.45, 2.75) is 82.2 Å². The fourth-order valence-corrected chi connectivity index (χ4v) is 5.86. The third-order valence-corrected chi connectivity index (χ3v) is 7.79. The maximum atomic E-state index is 5.11. The molecule has 1 saturated heterocycles. The van der Waals surface area contributed by atoms with E-state index in [1.54, 1.807) is 4.88 Å². The summed E-state index contributed by atoms with van der Waals surface area (Å²) in [6.07, 6.45) is 12.0. The average molecular weight is 517 g/mol. The molecule has 2 saturated carbocycles. The number of nitrogens with zero attached hydrogens (tertiary/aromatic N) is 2. The van der Waals surface area contributed by atoms with E-state index >= 15 is 0 Å². The normalized spacial score (nSPS) is 23.8. The second-order valence-corrected chi connectivity index (χ2v) is 9.65. The van der Waals surface area contributed by atoms with Crippen LogP contribution < -0.4 is 10.6 Å². The minimum atomic E-state index is 0. The average Bonchev–Trinajstić information content (AvgIpc) is 3.40. The van der Waals surface area contributed by atoms with Crippen LogP contribution in [0.4, 0.5) is 0 Å². The van der Waals surface area contributed by atoms with Crippen LogP contribution >= 0.6 is 35.3 Å². The molecule has 0 aromatic carbocycles. The van der Waals surface area contributed by atoms with Gasteiger partial charge in [0.2, 0.25) is 0 Å². The molecule has 4 rings (SSSR count). The van der Waals surface area contributed by atoms with Crippen LogP contribution in [0.2, 0.25) is 0 Å². The third-order valence-electron chi connectivity index (χ3n) is 6.67. The molecule has 0 radical (unpaired) electrons. The molecule has 158 valence electrons. The van der Waals surface area contributed by atoms with Gasteiger partial charge in [0.05, 0.1) is 6.54 Å². The summed E-state index contributed by atoms with van der Waals surface area (Å²) in [6, 6.07) is 6.02. The number of piperidine rings is 1. The molecule has 6 heteroatoms. The van der Waals surface area contributed by atoms with Crippen LogP contribution in [0.1, 0.15) is 69.6 Å². The summed E-state index contributed by atoms with van der Waals surface area (Å²) in [5.41, 5.74) is 0.268. The van der Waals surface area contributed by atoms with E-state index in [0.717, 1.165) is 25.1 Å². The number of thiophene rings is 1. The van der Waals surface area contributed by atoms with Crippen molar-refractivity contribution in [1.82, 2.24) is 15.5 Å². The van der Waals surface area contributed by atoms with Gasteiger partial charge in [0.25, 0.3) is 0 Å². The Labute approximate surface area is 192 Å². The smallest absolute Gasteiger partial charge is 0.191 e. The van der Waals surface area contributed by atoms with Crippen molar-refractivity contribution in [3.05, 3.63) is 22.4 Å². The number of guanidine groups is 1. The van der Waals surface area contributed by atoms with Crippen LogP contribution in [0.5, 0.6) is 0 Å². The standard InChI is InChI=1S/C22H36N4S.HI/c1-2-23-21(25-18-10-14-26(15-11-18)19-8-9-19)24-17-22(12-4-3-5-13-22)20-7-6-16-27-20;/h6-7,16,18-19H,2-5,8-15,17H2,1H3,(H2,23,24,25);1H. The van der Waals surface area contributed by atoms with Gasteiger partial charge in [-0.1, -0.05) is 25.3 Å². The van der Waals surface area contributed by atoms with Crippen LogP contribution in [0.3, 0.4) is 0 Å². The first-order valence-corrected chi connectivity index (χ1v) is 12.0. The Hall–Kier alpha value is -0.340. The Bertz CT molecular complexity index is 600. The number of rotatable bonds is 6. The fourth-order valence-electron chi connectivity index (χ4n) is 4.88. The molecule has 28 heavy (non-hydrogen) atoms. The van der Waals surface area contributed by atoms with Crippen LogP contribution in [-0.4, -0.2) is 49.1 Å². The van der Waals surface area contributed by atoms with Crippen molar-refractivity contribution in [1.29, 1.82) is 0 Å². The Morgan fingerprint density at radius 3 is 2.54 bits per heavy atom. The molecule has 0 amide bonds. The highest BCUT2D eigenvalue weighted by Gasteiger charge is 2.35. The van der Waals surface area contributed by atoms with Crippen LogP contribution in [0.25, 0.3) is 0 Å². The van der Waals surface area contributed by atoms with Gasteiger partial charge < -0.3 is 15.5 Å². The molecule has 0 unspecified atom stereocenters. The second-order valence-electron chi connectivity index (χ2n) is 8.70. The number of nitrogens with one attached hydrogen (secondary N) is 2. The van der Waals surface area contributed by atoms with Crippen molar-refractivity contribution in [3.8, 4) is 0 Å². The Morgan fingerprint density at radius 1 is 1.18 bits per heavy atom. The summed E-state index contributed by atoms with van der Waals surface area (Å²) in [6.45, 7) is 6.52. The largest absolute Gasteiger partial charge is 0.357 e. The molecule has 1 aromatic heterocycles. The van der Waals surface area contributed by atoms with E-state index in [1.165, 1.54) is 70.9 Å². The molecular weight excluding hydrogens is 479 g/mol. The molecular formula is C22H37IN4S. The number of likely N-dealkylation sites (tertiary alicyclic amines) is 1. The van der Waals surface area contributed by atoms with Crippen LogP contribution in [-0.2, 0) is 5.41 Å². The third kappa shape index (κ3) is 5.63. The van der Waals surface area contributed by atoms with Crippen molar-refractivity contribution in [2.75, 3.05) is 26.2 Å². The van der Waals surface area contributed by atoms with E-state index < -0.39 is 0 Å². The highest BCUT2D eigenvalue weighted by atomic mass is 127. The van der Waals surface area contributed by atoms with Gasteiger partial charge in [-0.05, 0) is 56.9 Å². The lowest BCUT2D eigenvalue weighted by molar-refractivity contribution is 0.197. The van der Waals surface area contributed by atoms with Gasteiger partial charge in [0.1, 0.15) is 0 Å². The van der Waals surface area contributed by atoms with E-state index in [0.29, 0.717) is 6.04 Å². The summed E-state index contributed by atoms with van der Waals surface area (Å²) in [7, 11) is 0. The molecule has 3 fully saturated rings. The summed E-state index contributed by atoms with van der Waals surface area (Å²) < 4.78 is 0. The first kappa shape index (κ1) is 22.3. The summed E-state index contributed by atoms with van der Waals surface area (Å²) in [4.78, 5) is 9.35. The summed E-state index contributed by atoms with van der Waals surface area (Å²) in [5, 5.41) is 9.49. The molecule has 2 heterocycles. The summed E-state index contributed by atoms with van der Waals surface area (Å²) in [5.74, 6) is 1.03. The Balaban J connectivity index is 0.00000225. The van der Waals surface area contributed by atoms with Gasteiger partial charge in [0, 0.05) is 42.0 Å². The van der Waals surface area contributed by atoms with Gasteiger partial charge in [-0.15, -0.1) is 35.3 Å². The number of aliphatic imine (C=N–C) groups is 1. The Morgan fingerprint density at radius 2 is 1.93 bits per heavy atom. The maximum Gasteiger partial charge on any atom is 0.191 e. The molecule has 1 aliphatic heterocycles. The highest BCUT2D eigenvalue weighted by Crippen LogP contribution is 2.41. The molecule has 1 aromatic rings. The number of halogens is 1. The zero-order chi connectivity index (χ0) is 18.5. The predicted octanol–water partition coefficient (Wildman–Crippen LogP) is 4.75. The number of hydrogen-bond donors (Lipinski definition) is 2. The molecule has 2 N–H and O–H groups in total. The van der Waals surface area contributed by atoms with E-state index in [9.17, 15) is 0 Å². The molecule has 3 aliphatic rings. The van der Waals surface area contributed by atoms with E-state index in [4.69, 9.17) is 4.99 Å². The molecule has 4 nitrogen and oxygen atoms in total. The molecule has 0 spiro atoms. The van der Waals surface area contributed by atoms with Gasteiger partial charge >= 0.3 is 0 Å². The quantitative estimate of drug-likeness (QED) is 0.326. The zero-order valence-corrected chi connectivity index (χ0v) is 20.4. The van der Waals surface area contributed by atoms with Crippen molar-refractivity contribution >= 4 is 41.3 Å². The fraction of sp³-hybridized carbons (Fsp3) is 0.773. The topological polar surface area (TPSA) is 39.7 Å². The minimum Gasteiger partial charge on any atom is -0.357 e. The summed E-state index contributed by atoms with van der Waals surface area (Å²) >= 11 is 1.92. The molecule has 0 bridgehead atoms. The molecule has 2 aliphatic carbocycles. The van der Waals surface area contributed by atoms with Crippen molar-refractivity contribution < 1.29 is 0 Å².